The van der Waals surface area contributed by atoms with E-state index in [1.54, 1.807) is 0 Å². The molecule has 240 valence electrons. The lowest BCUT2D eigenvalue weighted by atomic mass is 10.0. The van der Waals surface area contributed by atoms with Gasteiger partial charge in [0, 0.05) is 43.3 Å². The van der Waals surface area contributed by atoms with E-state index in [1.165, 1.54) is 70.8 Å². The second-order valence-electron chi connectivity index (χ2n) is 13.8. The number of rotatable bonds is 3. The standard InChI is InChI=1S/C48H28N4/c1-2-11-29(12-3-1)30-21-23-31(24-22-30)46-36-14-4-7-18-40(36)49-48(50-46)52-42-20-9-6-15-37(42)45-38-28-44-39(27-32(38)25-26-43(45)52)35-17-10-16-34-33-13-5-8-19-41(33)51(44)47(34)35/h1-28H. The first-order valence-electron chi connectivity index (χ1n) is 17.8. The number of aromatic nitrogens is 4. The van der Waals surface area contributed by atoms with Gasteiger partial charge in [-0.3, -0.25) is 4.57 Å². The summed E-state index contributed by atoms with van der Waals surface area (Å²) in [4.78, 5) is 10.6. The van der Waals surface area contributed by atoms with Gasteiger partial charge in [-0.15, -0.1) is 0 Å². The van der Waals surface area contributed by atoms with Crippen LogP contribution in [-0.2, 0) is 0 Å². The lowest BCUT2D eigenvalue weighted by Crippen LogP contribution is -2.03. The number of nitrogens with zero attached hydrogens (tertiary/aromatic N) is 4. The molecular formula is C48H28N4. The van der Waals surface area contributed by atoms with E-state index in [0.717, 1.165) is 33.2 Å². The van der Waals surface area contributed by atoms with E-state index in [2.05, 4.69) is 179 Å². The minimum Gasteiger partial charge on any atom is -0.308 e. The van der Waals surface area contributed by atoms with E-state index in [1.807, 2.05) is 0 Å². The van der Waals surface area contributed by atoms with Crippen molar-refractivity contribution < 1.29 is 0 Å². The van der Waals surface area contributed by atoms with Crippen LogP contribution in [0, 0.1) is 0 Å². The van der Waals surface area contributed by atoms with Crippen LogP contribution in [-0.4, -0.2) is 18.9 Å². The molecule has 8 aromatic carbocycles. The minimum atomic E-state index is 0.665. The van der Waals surface area contributed by atoms with Crippen LogP contribution in [0.1, 0.15) is 0 Å². The van der Waals surface area contributed by atoms with Gasteiger partial charge in [0.1, 0.15) is 0 Å². The largest absolute Gasteiger partial charge is 0.308 e. The molecule has 0 bridgehead atoms. The monoisotopic (exact) mass is 660 g/mol. The molecule has 4 nitrogen and oxygen atoms in total. The fraction of sp³-hybridized carbons (Fsp3) is 0. The molecule has 0 amide bonds. The lowest BCUT2D eigenvalue weighted by molar-refractivity contribution is 1.01. The van der Waals surface area contributed by atoms with Crippen molar-refractivity contribution in [3.63, 3.8) is 0 Å². The number of para-hydroxylation sites is 4. The second kappa shape index (κ2) is 10.3. The molecule has 0 aliphatic carbocycles. The molecule has 0 saturated heterocycles. The van der Waals surface area contributed by atoms with E-state index in [-0.39, 0.29) is 0 Å². The summed E-state index contributed by atoms with van der Waals surface area (Å²) in [6.07, 6.45) is 0. The fourth-order valence-corrected chi connectivity index (χ4v) is 8.77. The summed E-state index contributed by atoms with van der Waals surface area (Å²) in [6.45, 7) is 0. The number of hydrogen-bond donors (Lipinski definition) is 0. The van der Waals surface area contributed by atoms with Crippen LogP contribution in [0.3, 0.4) is 0 Å². The molecule has 0 unspecified atom stereocenters. The second-order valence-corrected chi connectivity index (χ2v) is 13.8. The summed E-state index contributed by atoms with van der Waals surface area (Å²) in [7, 11) is 0. The minimum absolute atomic E-state index is 0.665. The van der Waals surface area contributed by atoms with E-state index in [0.29, 0.717) is 5.95 Å². The molecule has 12 aromatic rings. The van der Waals surface area contributed by atoms with Gasteiger partial charge < -0.3 is 4.40 Å². The maximum Gasteiger partial charge on any atom is 0.235 e. The van der Waals surface area contributed by atoms with Crippen molar-refractivity contribution in [3.8, 4) is 28.3 Å². The Bertz CT molecular complexity index is 3390. The Morgan fingerprint density at radius 2 is 1.02 bits per heavy atom. The first kappa shape index (κ1) is 27.7. The molecule has 12 rings (SSSR count). The van der Waals surface area contributed by atoms with E-state index in [4.69, 9.17) is 9.97 Å². The average molecular weight is 661 g/mol. The molecule has 4 heteroatoms. The molecule has 0 aliphatic rings. The molecule has 0 aliphatic heterocycles. The van der Waals surface area contributed by atoms with E-state index in [9.17, 15) is 0 Å². The van der Waals surface area contributed by atoms with Crippen LogP contribution < -0.4 is 0 Å². The Morgan fingerprint density at radius 3 is 1.87 bits per heavy atom. The molecule has 0 fully saturated rings. The molecule has 0 spiro atoms. The van der Waals surface area contributed by atoms with Crippen molar-refractivity contribution in [2.24, 2.45) is 0 Å². The highest BCUT2D eigenvalue weighted by Crippen LogP contribution is 2.43. The Labute approximate surface area is 297 Å². The van der Waals surface area contributed by atoms with Crippen molar-refractivity contribution in [2.45, 2.75) is 0 Å². The third kappa shape index (κ3) is 3.70. The molecule has 0 saturated carbocycles. The first-order chi connectivity index (χ1) is 25.8. The highest BCUT2D eigenvalue weighted by molar-refractivity contribution is 6.28. The summed E-state index contributed by atoms with van der Waals surface area (Å²) in [5, 5.41) is 11.0. The van der Waals surface area contributed by atoms with Gasteiger partial charge >= 0.3 is 0 Å². The quantitative estimate of drug-likeness (QED) is 0.189. The lowest BCUT2D eigenvalue weighted by Gasteiger charge is -2.12. The average Bonchev–Trinajstić information content (AvgIpc) is 3.85. The van der Waals surface area contributed by atoms with Crippen LogP contribution in [0.4, 0.5) is 0 Å². The van der Waals surface area contributed by atoms with Crippen molar-refractivity contribution in [1.82, 2.24) is 18.9 Å². The van der Waals surface area contributed by atoms with Gasteiger partial charge in [-0.05, 0) is 58.3 Å². The van der Waals surface area contributed by atoms with Gasteiger partial charge in [-0.2, -0.15) is 0 Å². The van der Waals surface area contributed by atoms with Gasteiger partial charge in [0.05, 0.1) is 38.8 Å². The normalized spacial score (nSPS) is 12.2. The maximum absolute atomic E-state index is 5.38. The van der Waals surface area contributed by atoms with Gasteiger partial charge in [-0.25, -0.2) is 9.97 Å². The highest BCUT2D eigenvalue weighted by Gasteiger charge is 2.21. The Morgan fingerprint density at radius 1 is 0.365 bits per heavy atom. The first-order valence-corrected chi connectivity index (χ1v) is 17.8. The van der Waals surface area contributed by atoms with Crippen LogP contribution in [0.5, 0.6) is 0 Å². The third-order valence-electron chi connectivity index (χ3n) is 11.1. The van der Waals surface area contributed by atoms with Crippen LogP contribution in [0.2, 0.25) is 0 Å². The Kier molecular flexibility index (Phi) is 5.47. The van der Waals surface area contributed by atoms with Crippen molar-refractivity contribution >= 4 is 81.6 Å². The number of hydrogen-bond acceptors (Lipinski definition) is 2. The molecule has 4 heterocycles. The maximum atomic E-state index is 5.38. The summed E-state index contributed by atoms with van der Waals surface area (Å²) >= 11 is 0. The van der Waals surface area contributed by atoms with Crippen LogP contribution >= 0.6 is 0 Å². The van der Waals surface area contributed by atoms with Gasteiger partial charge in [0.25, 0.3) is 0 Å². The van der Waals surface area contributed by atoms with E-state index >= 15 is 0 Å². The Hall–Kier alpha value is -7.04. The van der Waals surface area contributed by atoms with Crippen molar-refractivity contribution in [1.29, 1.82) is 0 Å². The molecule has 4 aromatic heterocycles. The Balaban J connectivity index is 1.14. The predicted octanol–water partition coefficient (Wildman–Crippen LogP) is 12.4. The molecule has 0 atom stereocenters. The summed E-state index contributed by atoms with van der Waals surface area (Å²) in [6, 6.07) is 61.1. The number of fused-ring (bicyclic) bond motifs is 12. The van der Waals surface area contributed by atoms with Crippen molar-refractivity contribution in [3.05, 3.63) is 170 Å². The van der Waals surface area contributed by atoms with Gasteiger partial charge in [-0.1, -0.05) is 133 Å². The zero-order chi connectivity index (χ0) is 33.9. The van der Waals surface area contributed by atoms with E-state index < -0.39 is 0 Å². The van der Waals surface area contributed by atoms with Gasteiger partial charge in [0.2, 0.25) is 5.95 Å². The molecule has 0 N–H and O–H groups in total. The summed E-state index contributed by atoms with van der Waals surface area (Å²) < 4.78 is 4.72. The molecule has 0 radical (unpaired) electrons. The SMILES string of the molecule is c1ccc(-c2ccc(-c3nc(-n4c5ccccc5c5c6cc7c(cc6ccc54)c4cccc5c6ccccc6n7c54)nc4ccccc34)cc2)cc1. The third-order valence-corrected chi connectivity index (χ3v) is 11.1. The van der Waals surface area contributed by atoms with Crippen LogP contribution in [0.25, 0.3) is 110 Å². The molecule has 52 heavy (non-hydrogen) atoms. The summed E-state index contributed by atoms with van der Waals surface area (Å²) in [5.74, 6) is 0.665. The fourth-order valence-electron chi connectivity index (χ4n) is 8.77. The topological polar surface area (TPSA) is 35.1 Å². The smallest absolute Gasteiger partial charge is 0.235 e. The molecular weight excluding hydrogens is 633 g/mol. The zero-order valence-electron chi connectivity index (χ0n) is 28.0. The predicted molar refractivity (Wildman–Crippen MR) is 217 cm³/mol. The van der Waals surface area contributed by atoms with Gasteiger partial charge in [0.15, 0.2) is 0 Å². The highest BCUT2D eigenvalue weighted by atomic mass is 15.2. The zero-order valence-corrected chi connectivity index (χ0v) is 28.0. The summed E-state index contributed by atoms with van der Waals surface area (Å²) in [5.41, 5.74) is 11.2. The van der Waals surface area contributed by atoms with Crippen LogP contribution in [0.15, 0.2) is 170 Å². The van der Waals surface area contributed by atoms with Crippen molar-refractivity contribution in [2.75, 3.05) is 0 Å². The number of benzene rings is 8.